The van der Waals surface area contributed by atoms with Gasteiger partial charge in [0.2, 0.25) is 0 Å². The summed E-state index contributed by atoms with van der Waals surface area (Å²) in [4.78, 5) is 0. The number of aliphatic hydroxyl groups is 2. The van der Waals surface area contributed by atoms with Crippen molar-refractivity contribution in [3.05, 3.63) is 0 Å². The van der Waals surface area contributed by atoms with Crippen LogP contribution >= 0.6 is 0 Å². The van der Waals surface area contributed by atoms with Crippen molar-refractivity contribution in [2.45, 2.75) is 96.2 Å². The van der Waals surface area contributed by atoms with Gasteiger partial charge in [0.05, 0.1) is 12.2 Å². The number of aliphatic hydroxyl groups excluding tert-OH is 2. The lowest BCUT2D eigenvalue weighted by molar-refractivity contribution is 0.0834. The third-order valence-electron chi connectivity index (χ3n) is 3.47. The summed E-state index contributed by atoms with van der Waals surface area (Å²) in [6.45, 7) is 1.73. The van der Waals surface area contributed by atoms with E-state index in [9.17, 15) is 5.11 Å². The average Bonchev–Trinajstić information content (AvgIpc) is 2.35. The summed E-state index contributed by atoms with van der Waals surface area (Å²) < 4.78 is 0. The van der Waals surface area contributed by atoms with Gasteiger partial charge in [0.25, 0.3) is 0 Å². The normalized spacial score (nSPS) is 14.0. The highest BCUT2D eigenvalue weighted by Crippen LogP contribution is 2.13. The van der Waals surface area contributed by atoms with Gasteiger partial charge in [0.1, 0.15) is 0 Å². The third-order valence-corrected chi connectivity index (χ3v) is 3.47. The van der Waals surface area contributed by atoms with Gasteiger partial charge < -0.3 is 10.2 Å². The molecular weight excluding hydrogens is 236 g/mol. The average molecular weight is 268 g/mol. The summed E-state index contributed by atoms with van der Waals surface area (Å²) in [5.41, 5.74) is 0. The van der Waals surface area contributed by atoms with E-state index in [0.717, 1.165) is 19.3 Å². The summed E-state index contributed by atoms with van der Waals surface area (Å²) in [6, 6.07) is 0. The fourth-order valence-electron chi connectivity index (χ4n) is 2.36. The Bertz CT molecular complexity index is 218. The molecular formula is C17H32O2. The lowest BCUT2D eigenvalue weighted by atomic mass is 10.0. The fourth-order valence-corrected chi connectivity index (χ4v) is 2.36. The minimum absolute atomic E-state index is 0.323. The monoisotopic (exact) mass is 268 g/mol. The van der Waals surface area contributed by atoms with Gasteiger partial charge in [-0.05, 0) is 26.2 Å². The Morgan fingerprint density at radius 3 is 1.79 bits per heavy atom. The number of hydrogen-bond acceptors (Lipinski definition) is 2. The number of hydrogen-bond donors (Lipinski definition) is 2. The van der Waals surface area contributed by atoms with Crippen LogP contribution < -0.4 is 0 Å². The van der Waals surface area contributed by atoms with Crippen LogP contribution in [-0.2, 0) is 0 Å². The van der Waals surface area contributed by atoms with Gasteiger partial charge in [0, 0.05) is 6.42 Å². The van der Waals surface area contributed by atoms with Crippen LogP contribution in [0.2, 0.25) is 0 Å². The summed E-state index contributed by atoms with van der Waals surface area (Å²) in [6.07, 6.45) is 18.0. The first-order valence-electron chi connectivity index (χ1n) is 7.96. The molecule has 0 spiro atoms. The highest BCUT2D eigenvalue weighted by atomic mass is 16.3. The van der Waals surface area contributed by atoms with E-state index in [1.165, 1.54) is 51.4 Å². The molecule has 0 aliphatic carbocycles. The van der Waals surface area contributed by atoms with E-state index >= 15 is 0 Å². The minimum atomic E-state index is -0.385. The Hall–Kier alpha value is -0.520. The van der Waals surface area contributed by atoms with E-state index in [1.807, 2.05) is 0 Å². The molecule has 0 heterocycles. The van der Waals surface area contributed by atoms with Gasteiger partial charge in [-0.3, -0.25) is 0 Å². The maximum absolute atomic E-state index is 9.59. The Balaban J connectivity index is 3.09. The van der Waals surface area contributed by atoms with Crippen molar-refractivity contribution < 1.29 is 10.2 Å². The van der Waals surface area contributed by atoms with Crippen molar-refractivity contribution in [2.24, 2.45) is 0 Å². The molecule has 2 N–H and O–H groups in total. The van der Waals surface area contributed by atoms with E-state index in [0.29, 0.717) is 6.42 Å². The minimum Gasteiger partial charge on any atom is -0.393 e. The standard InChI is InChI=1S/C17H32O2/c1-3-4-5-6-7-8-9-10-11-12-13-14-17(19)15-16(2)18/h1,16-19H,4-15H2,2H3/t16-,17-/m1/s1. The highest BCUT2D eigenvalue weighted by Gasteiger charge is 2.06. The molecule has 0 saturated carbocycles. The van der Waals surface area contributed by atoms with Gasteiger partial charge in [0.15, 0.2) is 0 Å². The molecule has 0 unspecified atom stereocenters. The Morgan fingerprint density at radius 2 is 1.32 bits per heavy atom. The molecule has 0 saturated heterocycles. The highest BCUT2D eigenvalue weighted by molar-refractivity contribution is 4.82. The Morgan fingerprint density at radius 1 is 0.842 bits per heavy atom. The topological polar surface area (TPSA) is 40.5 Å². The summed E-state index contributed by atoms with van der Waals surface area (Å²) in [5.74, 6) is 2.68. The van der Waals surface area contributed by atoms with Crippen molar-refractivity contribution in [3.8, 4) is 12.3 Å². The van der Waals surface area contributed by atoms with Crippen LogP contribution in [0, 0.1) is 12.3 Å². The quantitative estimate of drug-likeness (QED) is 0.391. The van der Waals surface area contributed by atoms with E-state index in [2.05, 4.69) is 5.92 Å². The van der Waals surface area contributed by atoms with Crippen molar-refractivity contribution in [2.75, 3.05) is 0 Å². The van der Waals surface area contributed by atoms with Crippen LogP contribution in [0.4, 0.5) is 0 Å². The second kappa shape index (κ2) is 13.9. The molecule has 0 aromatic heterocycles. The third kappa shape index (κ3) is 15.4. The molecule has 0 bridgehead atoms. The van der Waals surface area contributed by atoms with E-state index in [1.54, 1.807) is 6.92 Å². The van der Waals surface area contributed by atoms with E-state index < -0.39 is 0 Å². The first kappa shape index (κ1) is 18.5. The van der Waals surface area contributed by atoms with Crippen LogP contribution in [0.3, 0.4) is 0 Å². The SMILES string of the molecule is C#CCCCCCCCCCCC[C@@H](O)C[C@@H](C)O. The largest absolute Gasteiger partial charge is 0.393 e. The summed E-state index contributed by atoms with van der Waals surface area (Å²) in [5, 5.41) is 18.7. The van der Waals surface area contributed by atoms with Gasteiger partial charge in [-0.2, -0.15) is 0 Å². The molecule has 2 nitrogen and oxygen atoms in total. The molecule has 0 aromatic rings. The first-order chi connectivity index (χ1) is 9.16. The molecule has 0 aromatic carbocycles. The Labute approximate surface area is 119 Å². The van der Waals surface area contributed by atoms with E-state index in [-0.39, 0.29) is 12.2 Å². The zero-order valence-corrected chi connectivity index (χ0v) is 12.6. The van der Waals surface area contributed by atoms with Crippen LogP contribution in [0.25, 0.3) is 0 Å². The van der Waals surface area contributed by atoms with Crippen LogP contribution in [-0.4, -0.2) is 22.4 Å². The van der Waals surface area contributed by atoms with Crippen LogP contribution in [0.1, 0.15) is 84.0 Å². The van der Waals surface area contributed by atoms with Gasteiger partial charge >= 0.3 is 0 Å². The molecule has 0 fully saturated rings. The number of rotatable bonds is 13. The zero-order chi connectivity index (χ0) is 14.3. The lowest BCUT2D eigenvalue weighted by Crippen LogP contribution is -2.14. The number of terminal acetylenes is 1. The summed E-state index contributed by atoms with van der Waals surface area (Å²) in [7, 11) is 0. The molecule has 0 radical (unpaired) electrons. The molecule has 19 heavy (non-hydrogen) atoms. The zero-order valence-electron chi connectivity index (χ0n) is 12.6. The molecule has 0 aliphatic rings. The second-order valence-electron chi connectivity index (χ2n) is 5.66. The van der Waals surface area contributed by atoms with Crippen LogP contribution in [0.15, 0.2) is 0 Å². The van der Waals surface area contributed by atoms with Gasteiger partial charge in [-0.1, -0.05) is 51.4 Å². The maximum Gasteiger partial charge on any atom is 0.0564 e. The van der Waals surface area contributed by atoms with Crippen LogP contribution in [0.5, 0.6) is 0 Å². The van der Waals surface area contributed by atoms with E-state index in [4.69, 9.17) is 11.5 Å². The molecule has 2 atom stereocenters. The molecule has 2 heteroatoms. The fraction of sp³-hybridized carbons (Fsp3) is 0.882. The number of unbranched alkanes of at least 4 members (excludes halogenated alkanes) is 9. The predicted octanol–water partition coefficient (Wildman–Crippen LogP) is 4.04. The Kier molecular flexibility index (Phi) is 13.5. The first-order valence-corrected chi connectivity index (χ1v) is 7.96. The van der Waals surface area contributed by atoms with Crippen molar-refractivity contribution >= 4 is 0 Å². The molecule has 0 rings (SSSR count). The lowest BCUT2D eigenvalue weighted by Gasteiger charge is -2.11. The van der Waals surface area contributed by atoms with Gasteiger partial charge in [-0.15, -0.1) is 12.3 Å². The molecule has 112 valence electrons. The summed E-state index contributed by atoms with van der Waals surface area (Å²) >= 11 is 0. The maximum atomic E-state index is 9.59. The second-order valence-corrected chi connectivity index (χ2v) is 5.66. The smallest absolute Gasteiger partial charge is 0.0564 e. The molecule has 0 amide bonds. The van der Waals surface area contributed by atoms with Crippen molar-refractivity contribution in [1.82, 2.24) is 0 Å². The van der Waals surface area contributed by atoms with Crippen molar-refractivity contribution in [3.63, 3.8) is 0 Å². The van der Waals surface area contributed by atoms with Crippen molar-refractivity contribution in [1.29, 1.82) is 0 Å². The molecule has 0 aliphatic heterocycles. The predicted molar refractivity (Wildman–Crippen MR) is 81.9 cm³/mol. The van der Waals surface area contributed by atoms with Gasteiger partial charge in [-0.25, -0.2) is 0 Å².